The topological polar surface area (TPSA) is 55.4 Å². The van der Waals surface area contributed by atoms with E-state index >= 15 is 0 Å². The molecule has 0 saturated heterocycles. The summed E-state index contributed by atoms with van der Waals surface area (Å²) < 4.78 is 4.71. The minimum atomic E-state index is -0.386. The van der Waals surface area contributed by atoms with E-state index in [1.807, 2.05) is 30.3 Å². The van der Waals surface area contributed by atoms with Crippen LogP contribution in [0.2, 0.25) is 0 Å². The van der Waals surface area contributed by atoms with Gasteiger partial charge in [0.2, 0.25) is 5.91 Å². The summed E-state index contributed by atoms with van der Waals surface area (Å²) in [6.07, 6.45) is 0.960. The van der Waals surface area contributed by atoms with Gasteiger partial charge in [-0.1, -0.05) is 30.9 Å². The molecule has 0 radical (unpaired) electrons. The molecule has 1 saturated carbocycles. The Kier molecular flexibility index (Phi) is 4.85. The molecule has 0 aromatic heterocycles. The highest BCUT2D eigenvalue weighted by Crippen LogP contribution is 2.38. The number of anilines is 1. The number of hydrogen-bond acceptors (Lipinski definition) is 3. The van der Waals surface area contributed by atoms with E-state index in [2.05, 4.69) is 24.1 Å². The molecule has 4 heteroatoms. The molecule has 0 heterocycles. The Hall–Kier alpha value is -3.06. The van der Waals surface area contributed by atoms with Gasteiger partial charge in [0, 0.05) is 22.7 Å². The van der Waals surface area contributed by atoms with E-state index in [1.165, 1.54) is 7.11 Å². The van der Waals surface area contributed by atoms with Gasteiger partial charge in [0.15, 0.2) is 0 Å². The lowest BCUT2D eigenvalue weighted by atomic mass is 10.1. The van der Waals surface area contributed by atoms with E-state index in [-0.39, 0.29) is 17.8 Å². The molecule has 1 aliphatic rings. The SMILES string of the molecule is COC(=O)c1cccc(C#Cc2cccc(NC(=O)C3CC3C)c2)c1. The number of ether oxygens (including phenoxy) is 1. The van der Waals surface area contributed by atoms with Crippen molar-refractivity contribution >= 4 is 17.6 Å². The van der Waals surface area contributed by atoms with Gasteiger partial charge in [0.25, 0.3) is 0 Å². The van der Waals surface area contributed by atoms with Gasteiger partial charge >= 0.3 is 5.97 Å². The molecular formula is C21H19NO3. The summed E-state index contributed by atoms with van der Waals surface area (Å²) in [5.74, 6) is 6.39. The Morgan fingerprint density at radius 3 is 2.36 bits per heavy atom. The second-order valence-corrected chi connectivity index (χ2v) is 6.21. The molecule has 2 aromatic rings. The molecule has 25 heavy (non-hydrogen) atoms. The zero-order valence-corrected chi connectivity index (χ0v) is 14.2. The third kappa shape index (κ3) is 4.27. The van der Waals surface area contributed by atoms with Gasteiger partial charge in [0.1, 0.15) is 0 Å². The molecule has 3 rings (SSSR count). The first-order valence-corrected chi connectivity index (χ1v) is 8.18. The zero-order valence-electron chi connectivity index (χ0n) is 14.2. The number of rotatable bonds is 3. The van der Waals surface area contributed by atoms with Crippen LogP contribution in [-0.4, -0.2) is 19.0 Å². The van der Waals surface area contributed by atoms with E-state index in [0.717, 1.165) is 23.2 Å². The van der Waals surface area contributed by atoms with Crippen molar-refractivity contribution in [2.45, 2.75) is 13.3 Å². The third-order valence-corrected chi connectivity index (χ3v) is 4.21. The molecule has 0 spiro atoms. The first kappa shape index (κ1) is 16.8. The standard InChI is InChI=1S/C21H19NO3/c1-14-11-19(14)20(23)22-18-8-4-6-16(13-18)10-9-15-5-3-7-17(12-15)21(24)25-2/h3-8,12-14,19H,11H2,1-2H3,(H,22,23). The van der Waals surface area contributed by atoms with Crippen LogP contribution in [0.5, 0.6) is 0 Å². The Balaban J connectivity index is 1.73. The number of carbonyl (C=O) groups excluding carboxylic acids is 2. The van der Waals surface area contributed by atoms with E-state index in [1.54, 1.807) is 18.2 Å². The first-order valence-electron chi connectivity index (χ1n) is 8.18. The second kappa shape index (κ2) is 7.23. The van der Waals surface area contributed by atoms with E-state index < -0.39 is 0 Å². The van der Waals surface area contributed by atoms with Gasteiger partial charge in [-0.2, -0.15) is 0 Å². The maximum Gasteiger partial charge on any atom is 0.337 e. The van der Waals surface area contributed by atoms with Crippen molar-refractivity contribution in [3.63, 3.8) is 0 Å². The van der Waals surface area contributed by atoms with Crippen molar-refractivity contribution in [3.05, 3.63) is 65.2 Å². The lowest BCUT2D eigenvalue weighted by Crippen LogP contribution is -2.14. The maximum atomic E-state index is 12.0. The molecule has 1 aliphatic carbocycles. The van der Waals surface area contributed by atoms with Gasteiger partial charge in [-0.15, -0.1) is 0 Å². The van der Waals surface area contributed by atoms with Crippen molar-refractivity contribution in [2.24, 2.45) is 11.8 Å². The highest BCUT2D eigenvalue weighted by atomic mass is 16.5. The number of methoxy groups -OCH3 is 1. The Morgan fingerprint density at radius 1 is 1.08 bits per heavy atom. The van der Waals surface area contributed by atoms with E-state index in [9.17, 15) is 9.59 Å². The lowest BCUT2D eigenvalue weighted by Gasteiger charge is -2.04. The van der Waals surface area contributed by atoms with Crippen molar-refractivity contribution < 1.29 is 14.3 Å². The van der Waals surface area contributed by atoms with Crippen molar-refractivity contribution in [1.82, 2.24) is 0 Å². The summed E-state index contributed by atoms with van der Waals surface area (Å²) in [4.78, 5) is 23.6. The van der Waals surface area contributed by atoms with Crippen LogP contribution in [0.25, 0.3) is 0 Å². The average molecular weight is 333 g/mol. The van der Waals surface area contributed by atoms with E-state index in [0.29, 0.717) is 11.5 Å². The summed E-state index contributed by atoms with van der Waals surface area (Å²) in [7, 11) is 1.35. The number of esters is 1. The molecular weight excluding hydrogens is 314 g/mol. The number of amides is 1. The summed E-state index contributed by atoms with van der Waals surface area (Å²) in [6, 6.07) is 14.4. The molecule has 0 aliphatic heterocycles. The van der Waals surface area contributed by atoms with Crippen molar-refractivity contribution in [1.29, 1.82) is 0 Å². The lowest BCUT2D eigenvalue weighted by molar-refractivity contribution is -0.117. The average Bonchev–Trinajstić information content (AvgIpc) is 3.37. The molecule has 1 fully saturated rings. The molecule has 1 amide bonds. The van der Waals surface area contributed by atoms with Crippen LogP contribution < -0.4 is 5.32 Å². The number of benzene rings is 2. The predicted molar refractivity (Wildman–Crippen MR) is 96.1 cm³/mol. The maximum absolute atomic E-state index is 12.0. The van der Waals surface area contributed by atoms with Crippen LogP contribution in [0.15, 0.2) is 48.5 Å². The van der Waals surface area contributed by atoms with Crippen LogP contribution in [-0.2, 0) is 9.53 Å². The molecule has 2 unspecified atom stereocenters. The van der Waals surface area contributed by atoms with Crippen LogP contribution in [0.4, 0.5) is 5.69 Å². The van der Waals surface area contributed by atoms with Gasteiger partial charge in [-0.25, -0.2) is 4.79 Å². The summed E-state index contributed by atoms with van der Waals surface area (Å²) in [5.41, 5.74) is 2.74. The minimum Gasteiger partial charge on any atom is -0.465 e. The largest absolute Gasteiger partial charge is 0.465 e. The highest BCUT2D eigenvalue weighted by Gasteiger charge is 2.39. The second-order valence-electron chi connectivity index (χ2n) is 6.21. The van der Waals surface area contributed by atoms with Gasteiger partial charge in [0.05, 0.1) is 12.7 Å². The predicted octanol–water partition coefficient (Wildman–Crippen LogP) is 3.47. The van der Waals surface area contributed by atoms with E-state index in [4.69, 9.17) is 4.74 Å². The van der Waals surface area contributed by atoms with Gasteiger partial charge in [-0.05, 0) is 48.7 Å². The fourth-order valence-corrected chi connectivity index (χ4v) is 2.58. The van der Waals surface area contributed by atoms with Crippen LogP contribution in [0.1, 0.15) is 34.8 Å². The minimum absolute atomic E-state index is 0.0726. The normalized spacial score (nSPS) is 17.8. The monoisotopic (exact) mass is 333 g/mol. The number of nitrogens with one attached hydrogen (secondary N) is 1. The van der Waals surface area contributed by atoms with Crippen LogP contribution >= 0.6 is 0 Å². The Morgan fingerprint density at radius 2 is 1.72 bits per heavy atom. The number of hydrogen-bond donors (Lipinski definition) is 1. The smallest absolute Gasteiger partial charge is 0.337 e. The highest BCUT2D eigenvalue weighted by molar-refractivity contribution is 5.94. The molecule has 2 atom stereocenters. The van der Waals surface area contributed by atoms with Crippen molar-refractivity contribution in [2.75, 3.05) is 12.4 Å². The molecule has 126 valence electrons. The van der Waals surface area contributed by atoms with Gasteiger partial charge in [-0.3, -0.25) is 4.79 Å². The molecule has 2 aromatic carbocycles. The molecule has 4 nitrogen and oxygen atoms in total. The number of carbonyl (C=O) groups is 2. The quantitative estimate of drug-likeness (QED) is 0.691. The fraction of sp³-hybridized carbons (Fsp3) is 0.238. The summed E-state index contributed by atoms with van der Waals surface area (Å²) in [5, 5.41) is 2.94. The molecule has 0 bridgehead atoms. The summed E-state index contributed by atoms with van der Waals surface area (Å²) >= 11 is 0. The Bertz CT molecular complexity index is 876. The van der Waals surface area contributed by atoms with Crippen LogP contribution in [0.3, 0.4) is 0 Å². The Labute approximate surface area is 147 Å². The molecule has 1 N–H and O–H groups in total. The first-order chi connectivity index (χ1) is 12.1. The van der Waals surface area contributed by atoms with Crippen molar-refractivity contribution in [3.8, 4) is 11.8 Å². The third-order valence-electron chi connectivity index (χ3n) is 4.21. The fourth-order valence-electron chi connectivity index (χ4n) is 2.58. The van der Waals surface area contributed by atoms with Crippen LogP contribution in [0, 0.1) is 23.7 Å². The van der Waals surface area contributed by atoms with Gasteiger partial charge < -0.3 is 10.1 Å². The summed E-state index contributed by atoms with van der Waals surface area (Å²) in [6.45, 7) is 2.08. The zero-order chi connectivity index (χ0) is 17.8.